The standard InChI is InChI=1S/C15H18N2O6S/c1-15(2,9-23-17(21)22)14(20)16-11(13(18)19)8-24-12(16)10-6-4-3-5-7-10/h3-7,11-12H,8-9H2,1-2H3,(H,18,19). The fourth-order valence-electron chi connectivity index (χ4n) is 2.44. The highest BCUT2D eigenvalue weighted by atomic mass is 32.2. The smallest absolute Gasteiger partial charge is 0.327 e. The van der Waals surface area contributed by atoms with Gasteiger partial charge in [0, 0.05) is 5.75 Å². The quantitative estimate of drug-likeness (QED) is 0.614. The molecule has 1 heterocycles. The number of rotatable bonds is 6. The monoisotopic (exact) mass is 354 g/mol. The highest BCUT2D eigenvalue weighted by Crippen LogP contribution is 2.43. The van der Waals surface area contributed by atoms with Gasteiger partial charge in [-0.05, 0) is 19.4 Å². The lowest BCUT2D eigenvalue weighted by atomic mass is 9.91. The van der Waals surface area contributed by atoms with Crippen LogP contribution >= 0.6 is 11.8 Å². The summed E-state index contributed by atoms with van der Waals surface area (Å²) in [5, 5.41) is 18.4. The lowest BCUT2D eigenvalue weighted by molar-refractivity contribution is -0.760. The third-order valence-electron chi connectivity index (χ3n) is 3.71. The summed E-state index contributed by atoms with van der Waals surface area (Å²) in [6, 6.07) is 8.12. The van der Waals surface area contributed by atoms with Gasteiger partial charge < -0.3 is 14.8 Å². The van der Waals surface area contributed by atoms with Gasteiger partial charge in [0.2, 0.25) is 5.91 Å². The molecule has 130 valence electrons. The van der Waals surface area contributed by atoms with Crippen molar-refractivity contribution in [3.8, 4) is 0 Å². The molecule has 0 saturated carbocycles. The van der Waals surface area contributed by atoms with E-state index in [9.17, 15) is 24.8 Å². The second-order valence-electron chi connectivity index (χ2n) is 6.04. The van der Waals surface area contributed by atoms with Crippen LogP contribution in [0.4, 0.5) is 0 Å². The van der Waals surface area contributed by atoms with Crippen molar-refractivity contribution in [1.29, 1.82) is 0 Å². The Kier molecular flexibility index (Phi) is 5.33. The average molecular weight is 354 g/mol. The van der Waals surface area contributed by atoms with Crippen molar-refractivity contribution < 1.29 is 24.6 Å². The number of benzene rings is 1. The third-order valence-corrected chi connectivity index (χ3v) is 5.04. The molecule has 1 saturated heterocycles. The minimum Gasteiger partial charge on any atom is -0.480 e. The summed E-state index contributed by atoms with van der Waals surface area (Å²) in [5.41, 5.74) is -0.413. The Morgan fingerprint density at radius 1 is 1.42 bits per heavy atom. The highest BCUT2D eigenvalue weighted by Gasteiger charge is 2.47. The van der Waals surface area contributed by atoms with Crippen molar-refractivity contribution in [2.75, 3.05) is 12.4 Å². The fourth-order valence-corrected chi connectivity index (χ4v) is 3.87. The van der Waals surface area contributed by atoms with Crippen LogP contribution in [0.3, 0.4) is 0 Å². The maximum Gasteiger partial charge on any atom is 0.327 e. The van der Waals surface area contributed by atoms with E-state index in [4.69, 9.17) is 0 Å². The van der Waals surface area contributed by atoms with Gasteiger partial charge in [0.1, 0.15) is 18.0 Å². The van der Waals surface area contributed by atoms with E-state index in [0.29, 0.717) is 0 Å². The number of amides is 1. The Balaban J connectivity index is 2.31. The van der Waals surface area contributed by atoms with E-state index in [1.807, 2.05) is 30.3 Å². The first-order valence-corrected chi connectivity index (χ1v) is 8.28. The van der Waals surface area contributed by atoms with Crippen LogP contribution in [0.1, 0.15) is 24.8 Å². The molecule has 8 nitrogen and oxygen atoms in total. The number of aliphatic carboxylic acids is 1. The molecule has 0 radical (unpaired) electrons. The lowest BCUT2D eigenvalue weighted by Gasteiger charge is -2.34. The van der Waals surface area contributed by atoms with E-state index in [0.717, 1.165) is 5.56 Å². The Bertz CT molecular complexity index is 636. The average Bonchev–Trinajstić information content (AvgIpc) is 2.98. The summed E-state index contributed by atoms with van der Waals surface area (Å²) in [7, 11) is 0. The Labute approximate surface area is 142 Å². The van der Waals surface area contributed by atoms with Gasteiger partial charge in [-0.3, -0.25) is 4.79 Å². The predicted molar refractivity (Wildman–Crippen MR) is 86.6 cm³/mol. The zero-order valence-electron chi connectivity index (χ0n) is 13.2. The number of carbonyl (C=O) groups excluding carboxylic acids is 1. The summed E-state index contributed by atoms with van der Waals surface area (Å²) in [6.07, 6.45) is 0. The van der Waals surface area contributed by atoms with Gasteiger partial charge in [-0.1, -0.05) is 30.3 Å². The largest absolute Gasteiger partial charge is 0.480 e. The first-order chi connectivity index (χ1) is 11.2. The van der Waals surface area contributed by atoms with E-state index in [-0.39, 0.29) is 5.75 Å². The maximum absolute atomic E-state index is 12.9. The van der Waals surface area contributed by atoms with Gasteiger partial charge in [0.25, 0.3) is 5.09 Å². The van der Waals surface area contributed by atoms with Crippen LogP contribution in [-0.4, -0.2) is 45.4 Å². The topological polar surface area (TPSA) is 110 Å². The molecular weight excluding hydrogens is 336 g/mol. The number of carboxylic acid groups (broad SMARTS) is 1. The molecule has 24 heavy (non-hydrogen) atoms. The second-order valence-corrected chi connectivity index (χ2v) is 7.16. The maximum atomic E-state index is 12.9. The van der Waals surface area contributed by atoms with Gasteiger partial charge in [-0.2, -0.15) is 0 Å². The van der Waals surface area contributed by atoms with Crippen molar-refractivity contribution in [3.63, 3.8) is 0 Å². The third kappa shape index (κ3) is 3.78. The Hall–Kier alpha value is -2.29. The van der Waals surface area contributed by atoms with Crippen molar-refractivity contribution in [1.82, 2.24) is 4.90 Å². The van der Waals surface area contributed by atoms with Gasteiger partial charge in [-0.25, -0.2) is 4.79 Å². The molecule has 2 rings (SSSR count). The summed E-state index contributed by atoms with van der Waals surface area (Å²) in [4.78, 5) is 40.5. The molecular formula is C15H18N2O6S. The number of carbonyl (C=O) groups is 2. The molecule has 1 aliphatic heterocycles. The molecule has 1 aromatic rings. The van der Waals surface area contributed by atoms with E-state index in [1.165, 1.54) is 30.5 Å². The summed E-state index contributed by atoms with van der Waals surface area (Å²) in [6.45, 7) is 2.57. The van der Waals surface area contributed by atoms with E-state index in [1.54, 1.807) is 0 Å². The Morgan fingerprint density at radius 3 is 2.58 bits per heavy atom. The van der Waals surface area contributed by atoms with Gasteiger partial charge in [0.05, 0.1) is 5.41 Å². The van der Waals surface area contributed by atoms with Crippen molar-refractivity contribution in [2.24, 2.45) is 5.41 Å². The minimum absolute atomic E-state index is 0.257. The van der Waals surface area contributed by atoms with Crippen molar-refractivity contribution in [3.05, 3.63) is 46.0 Å². The molecule has 1 aromatic carbocycles. The van der Waals surface area contributed by atoms with Gasteiger partial charge in [-0.15, -0.1) is 21.9 Å². The molecule has 0 bridgehead atoms. The Morgan fingerprint density at radius 2 is 2.04 bits per heavy atom. The van der Waals surface area contributed by atoms with E-state index >= 15 is 0 Å². The first-order valence-electron chi connectivity index (χ1n) is 7.23. The number of thioether (sulfide) groups is 1. The summed E-state index contributed by atoms with van der Waals surface area (Å²) >= 11 is 1.36. The molecule has 0 aromatic heterocycles. The zero-order valence-corrected chi connectivity index (χ0v) is 14.1. The molecule has 2 atom stereocenters. The number of nitrogens with zero attached hydrogens (tertiary/aromatic N) is 2. The van der Waals surface area contributed by atoms with Gasteiger partial charge in [0.15, 0.2) is 0 Å². The second kappa shape index (κ2) is 7.08. The number of hydrogen-bond donors (Lipinski definition) is 1. The molecule has 0 spiro atoms. The molecule has 1 fully saturated rings. The highest BCUT2D eigenvalue weighted by molar-refractivity contribution is 7.99. The first kappa shape index (κ1) is 18.1. The number of carboxylic acids is 1. The molecule has 1 N–H and O–H groups in total. The van der Waals surface area contributed by atoms with Crippen LogP contribution in [0.25, 0.3) is 0 Å². The molecule has 0 aliphatic carbocycles. The summed E-state index contributed by atoms with van der Waals surface area (Å²) < 4.78 is 0. The molecule has 1 amide bonds. The van der Waals surface area contributed by atoms with E-state index < -0.39 is 40.4 Å². The molecule has 1 aliphatic rings. The van der Waals surface area contributed by atoms with Crippen LogP contribution in [0, 0.1) is 15.5 Å². The van der Waals surface area contributed by atoms with Crippen molar-refractivity contribution in [2.45, 2.75) is 25.3 Å². The number of hydrogen-bond acceptors (Lipinski definition) is 6. The van der Waals surface area contributed by atoms with Crippen LogP contribution in [0.15, 0.2) is 30.3 Å². The normalized spacial score (nSPS) is 20.7. The molecule has 2 unspecified atom stereocenters. The SMILES string of the molecule is CC(C)(CO[N+](=O)[O-])C(=O)N1C(C(=O)O)CSC1c1ccccc1. The van der Waals surface area contributed by atoms with Crippen LogP contribution in [-0.2, 0) is 14.4 Å². The molecule has 9 heteroatoms. The fraction of sp³-hybridized carbons (Fsp3) is 0.467. The zero-order chi connectivity index (χ0) is 17.9. The predicted octanol–water partition coefficient (Wildman–Crippen LogP) is 1.95. The summed E-state index contributed by atoms with van der Waals surface area (Å²) in [5.74, 6) is -1.33. The van der Waals surface area contributed by atoms with E-state index in [2.05, 4.69) is 4.84 Å². The minimum atomic E-state index is -1.22. The van der Waals surface area contributed by atoms with Crippen LogP contribution < -0.4 is 0 Å². The van der Waals surface area contributed by atoms with Gasteiger partial charge >= 0.3 is 5.97 Å². The van der Waals surface area contributed by atoms with Crippen LogP contribution in [0.2, 0.25) is 0 Å². The lowest BCUT2D eigenvalue weighted by Crippen LogP contribution is -2.49. The van der Waals surface area contributed by atoms with Crippen LogP contribution in [0.5, 0.6) is 0 Å². The van der Waals surface area contributed by atoms with Crippen molar-refractivity contribution >= 4 is 23.6 Å².